The van der Waals surface area contributed by atoms with E-state index in [1.165, 1.54) is 9.87 Å². The molecule has 3 aromatic carbocycles. The Hall–Kier alpha value is -3.26. The molecule has 1 aliphatic heterocycles. The summed E-state index contributed by atoms with van der Waals surface area (Å²) in [5.74, 6) is -0.161. The summed E-state index contributed by atoms with van der Waals surface area (Å²) in [4.78, 5) is 17.8. The molecular weight excluding hydrogens is 494 g/mol. The number of hydrogen-bond acceptors (Lipinski definition) is 4. The van der Waals surface area contributed by atoms with E-state index in [0.29, 0.717) is 29.1 Å². The van der Waals surface area contributed by atoms with Gasteiger partial charge in [0.2, 0.25) is 15.9 Å². The number of carbonyl (C=O) groups excluding carboxylic acids is 1. The molecule has 200 valence electrons. The summed E-state index contributed by atoms with van der Waals surface area (Å²) in [5.41, 5.74) is 4.43. The zero-order chi connectivity index (χ0) is 27.1. The molecule has 3 aromatic rings. The molecule has 1 saturated heterocycles. The van der Waals surface area contributed by atoms with Gasteiger partial charge in [-0.3, -0.25) is 9.69 Å². The summed E-state index contributed by atoms with van der Waals surface area (Å²) in [6, 6.07) is 23.4. The van der Waals surface area contributed by atoms with Gasteiger partial charge in [-0.15, -0.1) is 0 Å². The Morgan fingerprint density at radius 2 is 1.45 bits per heavy atom. The van der Waals surface area contributed by atoms with Crippen LogP contribution in [0, 0.1) is 20.8 Å². The average molecular weight is 532 g/mol. The maximum absolute atomic E-state index is 13.9. The molecule has 0 radical (unpaired) electrons. The first-order valence-electron chi connectivity index (χ1n) is 13.1. The zero-order valence-electron chi connectivity index (χ0n) is 22.5. The fraction of sp³-hybridized carbons (Fsp3) is 0.323. The third-order valence-electron chi connectivity index (χ3n) is 6.91. The number of carbonyl (C=O) groups is 1. The number of aryl methyl sites for hydroxylation is 3. The van der Waals surface area contributed by atoms with Crippen LogP contribution >= 0.6 is 0 Å². The smallest absolute Gasteiger partial charge is 0.244 e. The monoisotopic (exact) mass is 531 g/mol. The van der Waals surface area contributed by atoms with Crippen LogP contribution in [0.4, 0.5) is 0 Å². The van der Waals surface area contributed by atoms with Crippen LogP contribution in [0.1, 0.15) is 27.8 Å². The number of benzene rings is 3. The Morgan fingerprint density at radius 1 is 0.868 bits per heavy atom. The van der Waals surface area contributed by atoms with Gasteiger partial charge in [0.1, 0.15) is 0 Å². The second kappa shape index (κ2) is 12.5. The molecule has 0 unspecified atom stereocenters. The molecule has 4 rings (SSSR count). The van der Waals surface area contributed by atoms with Gasteiger partial charge in [-0.2, -0.15) is 4.31 Å². The van der Waals surface area contributed by atoms with Crippen LogP contribution in [-0.2, 0) is 21.4 Å². The van der Waals surface area contributed by atoms with E-state index < -0.39 is 10.0 Å². The van der Waals surface area contributed by atoms with Crippen molar-refractivity contribution in [3.8, 4) is 0 Å². The quantitative estimate of drug-likeness (QED) is 0.403. The largest absolute Gasteiger partial charge is 0.339 e. The van der Waals surface area contributed by atoms with Gasteiger partial charge in [0.15, 0.2) is 0 Å². The van der Waals surface area contributed by atoms with Crippen LogP contribution in [0.5, 0.6) is 0 Å². The van der Waals surface area contributed by atoms with E-state index >= 15 is 0 Å². The lowest BCUT2D eigenvalue weighted by molar-refractivity contribution is -0.133. The highest BCUT2D eigenvalue weighted by atomic mass is 32.2. The topological polar surface area (TPSA) is 60.9 Å². The first-order valence-corrected chi connectivity index (χ1v) is 14.5. The molecule has 7 heteroatoms. The van der Waals surface area contributed by atoms with E-state index in [1.807, 2.05) is 81.4 Å². The highest BCUT2D eigenvalue weighted by Gasteiger charge is 2.32. The summed E-state index contributed by atoms with van der Waals surface area (Å²) in [7, 11) is -3.89. The van der Waals surface area contributed by atoms with Crippen LogP contribution in [0.2, 0.25) is 0 Å². The molecular formula is C31H37N3O3S. The maximum atomic E-state index is 13.9. The van der Waals surface area contributed by atoms with Gasteiger partial charge in [0.05, 0.1) is 11.4 Å². The third-order valence-corrected chi connectivity index (χ3v) is 9.01. The molecule has 0 N–H and O–H groups in total. The average Bonchev–Trinajstić information content (AvgIpc) is 2.89. The normalized spacial score (nSPS) is 14.9. The highest BCUT2D eigenvalue weighted by molar-refractivity contribution is 7.89. The SMILES string of the molecule is Cc1cc(C)c(S(=O)(=O)N(CC(=O)N2CCN(C/C=C/c3ccccc3)CC2)Cc2ccccc2)c(C)c1. The highest BCUT2D eigenvalue weighted by Crippen LogP contribution is 2.26. The van der Waals surface area contributed by atoms with Gasteiger partial charge in [0, 0.05) is 39.3 Å². The van der Waals surface area contributed by atoms with E-state index in [1.54, 1.807) is 4.90 Å². The van der Waals surface area contributed by atoms with Crippen molar-refractivity contribution in [1.29, 1.82) is 0 Å². The lowest BCUT2D eigenvalue weighted by atomic mass is 10.1. The van der Waals surface area contributed by atoms with Gasteiger partial charge in [-0.1, -0.05) is 90.5 Å². The van der Waals surface area contributed by atoms with Gasteiger partial charge >= 0.3 is 0 Å². The van der Waals surface area contributed by atoms with Crippen molar-refractivity contribution < 1.29 is 13.2 Å². The van der Waals surface area contributed by atoms with Crippen molar-refractivity contribution in [1.82, 2.24) is 14.1 Å². The predicted octanol–water partition coefficient (Wildman–Crippen LogP) is 4.66. The molecule has 0 spiro atoms. The fourth-order valence-electron chi connectivity index (χ4n) is 5.05. The molecule has 0 atom stereocenters. The van der Waals surface area contributed by atoms with Crippen LogP contribution in [0.3, 0.4) is 0 Å². The molecule has 1 fully saturated rings. The minimum Gasteiger partial charge on any atom is -0.339 e. The Balaban J connectivity index is 1.45. The third kappa shape index (κ3) is 6.98. The summed E-state index contributed by atoms with van der Waals surface area (Å²) in [5, 5.41) is 0. The minimum atomic E-state index is -3.89. The Bertz CT molecular complexity index is 1340. The molecule has 0 bridgehead atoms. The fourth-order valence-corrected chi connectivity index (χ4v) is 6.84. The van der Waals surface area contributed by atoms with Crippen LogP contribution < -0.4 is 0 Å². The molecule has 0 aliphatic carbocycles. The van der Waals surface area contributed by atoms with Gasteiger partial charge < -0.3 is 4.90 Å². The van der Waals surface area contributed by atoms with E-state index in [4.69, 9.17) is 0 Å². The molecule has 38 heavy (non-hydrogen) atoms. The van der Waals surface area contributed by atoms with Crippen LogP contribution in [-0.4, -0.2) is 67.7 Å². The van der Waals surface area contributed by atoms with Crippen LogP contribution in [0.25, 0.3) is 6.08 Å². The minimum absolute atomic E-state index is 0.145. The maximum Gasteiger partial charge on any atom is 0.244 e. The number of nitrogens with zero attached hydrogens (tertiary/aromatic N) is 3. The summed E-state index contributed by atoms with van der Waals surface area (Å²) < 4.78 is 29.2. The summed E-state index contributed by atoms with van der Waals surface area (Å²) >= 11 is 0. The van der Waals surface area contributed by atoms with E-state index in [-0.39, 0.29) is 19.0 Å². The number of rotatable bonds is 9. The summed E-state index contributed by atoms with van der Waals surface area (Å²) in [6.45, 7) is 9.06. The van der Waals surface area contributed by atoms with Gasteiger partial charge in [-0.05, 0) is 43.0 Å². The molecule has 0 aromatic heterocycles. The van der Waals surface area contributed by atoms with Crippen molar-refractivity contribution >= 4 is 22.0 Å². The lowest BCUT2D eigenvalue weighted by Crippen LogP contribution is -2.51. The number of hydrogen-bond donors (Lipinski definition) is 0. The van der Waals surface area contributed by atoms with Crippen molar-refractivity contribution in [3.05, 3.63) is 107 Å². The van der Waals surface area contributed by atoms with E-state index in [0.717, 1.165) is 30.8 Å². The molecule has 0 saturated carbocycles. The van der Waals surface area contributed by atoms with Crippen molar-refractivity contribution in [3.63, 3.8) is 0 Å². The zero-order valence-corrected chi connectivity index (χ0v) is 23.3. The van der Waals surface area contributed by atoms with Gasteiger partial charge in [-0.25, -0.2) is 8.42 Å². The predicted molar refractivity (Wildman–Crippen MR) is 153 cm³/mol. The van der Waals surface area contributed by atoms with Crippen molar-refractivity contribution in [2.75, 3.05) is 39.3 Å². The second-order valence-corrected chi connectivity index (χ2v) is 11.9. The van der Waals surface area contributed by atoms with Crippen molar-refractivity contribution in [2.24, 2.45) is 0 Å². The first-order chi connectivity index (χ1) is 18.2. The second-order valence-electron chi connectivity index (χ2n) is 9.98. The number of sulfonamides is 1. The lowest BCUT2D eigenvalue weighted by Gasteiger charge is -2.35. The Morgan fingerprint density at radius 3 is 2.05 bits per heavy atom. The Kier molecular flexibility index (Phi) is 9.15. The standard InChI is InChI=1S/C31H37N3O3S/c1-25-21-26(2)31(27(3)22-25)38(36,37)34(23-29-13-8-5-9-14-29)24-30(35)33-19-17-32(18-20-33)16-10-15-28-11-6-4-7-12-28/h4-15,21-22H,16-20,23-24H2,1-3H3/b15-10+. The first kappa shape index (κ1) is 27.8. The van der Waals surface area contributed by atoms with Crippen molar-refractivity contribution in [2.45, 2.75) is 32.2 Å². The molecule has 6 nitrogen and oxygen atoms in total. The number of piperazine rings is 1. The molecule has 1 amide bonds. The Labute approximate surface area is 227 Å². The molecule has 1 heterocycles. The van der Waals surface area contributed by atoms with Gasteiger partial charge in [0.25, 0.3) is 0 Å². The summed E-state index contributed by atoms with van der Waals surface area (Å²) in [6.07, 6.45) is 4.26. The molecule has 1 aliphatic rings. The number of amides is 1. The van der Waals surface area contributed by atoms with E-state index in [2.05, 4.69) is 29.2 Å². The van der Waals surface area contributed by atoms with E-state index in [9.17, 15) is 13.2 Å². The van der Waals surface area contributed by atoms with Crippen LogP contribution in [0.15, 0.2) is 83.8 Å².